The van der Waals surface area contributed by atoms with Crippen molar-refractivity contribution in [3.05, 3.63) is 0 Å². The minimum Gasteiger partial charge on any atom is -0.318 e. The number of rotatable bonds is 7. The Labute approximate surface area is 94.6 Å². The first kappa shape index (κ1) is 12.9. The first-order valence-electron chi connectivity index (χ1n) is 6.32. The van der Waals surface area contributed by atoms with E-state index >= 15 is 0 Å². The number of hydrogen-bond donors (Lipinski definition) is 2. The van der Waals surface area contributed by atoms with Gasteiger partial charge in [0.05, 0.1) is 0 Å². The van der Waals surface area contributed by atoms with Crippen molar-refractivity contribution < 1.29 is 0 Å². The molecule has 3 nitrogen and oxygen atoms in total. The summed E-state index contributed by atoms with van der Waals surface area (Å²) >= 11 is 0. The summed E-state index contributed by atoms with van der Waals surface area (Å²) in [5.74, 6) is 0.924. The zero-order valence-corrected chi connectivity index (χ0v) is 10.6. The van der Waals surface area contributed by atoms with Crippen LogP contribution in [0, 0.1) is 5.92 Å². The van der Waals surface area contributed by atoms with Gasteiger partial charge in [0.15, 0.2) is 0 Å². The highest BCUT2D eigenvalue weighted by Crippen LogP contribution is 2.18. The summed E-state index contributed by atoms with van der Waals surface area (Å²) in [6.45, 7) is 10.6. The highest BCUT2D eigenvalue weighted by atomic mass is 15.2. The largest absolute Gasteiger partial charge is 0.318 e. The van der Waals surface area contributed by atoms with Crippen LogP contribution in [-0.2, 0) is 0 Å². The van der Waals surface area contributed by atoms with E-state index in [0.717, 1.165) is 12.5 Å². The number of nitrogens with zero attached hydrogens (tertiary/aromatic N) is 1. The van der Waals surface area contributed by atoms with E-state index in [1.54, 1.807) is 0 Å². The normalized spacial score (nSPS) is 22.8. The van der Waals surface area contributed by atoms with Gasteiger partial charge < -0.3 is 15.5 Å². The van der Waals surface area contributed by atoms with E-state index in [0.29, 0.717) is 6.04 Å². The van der Waals surface area contributed by atoms with Crippen LogP contribution < -0.4 is 10.6 Å². The van der Waals surface area contributed by atoms with Gasteiger partial charge in [0.25, 0.3) is 0 Å². The highest BCUT2D eigenvalue weighted by Gasteiger charge is 2.21. The Bertz CT molecular complexity index is 159. The fourth-order valence-corrected chi connectivity index (χ4v) is 2.20. The van der Waals surface area contributed by atoms with E-state index in [1.165, 1.54) is 39.0 Å². The van der Waals surface area contributed by atoms with E-state index in [4.69, 9.17) is 0 Å². The molecule has 0 aromatic carbocycles. The molecule has 2 N–H and O–H groups in total. The maximum absolute atomic E-state index is 3.50. The molecule has 0 saturated carbocycles. The lowest BCUT2D eigenvalue weighted by atomic mass is 10.1. The zero-order valence-electron chi connectivity index (χ0n) is 10.6. The monoisotopic (exact) mass is 213 g/mol. The lowest BCUT2D eigenvalue weighted by Gasteiger charge is -2.16. The Morgan fingerprint density at radius 2 is 2.13 bits per heavy atom. The van der Waals surface area contributed by atoms with Gasteiger partial charge in [-0.3, -0.25) is 0 Å². The summed E-state index contributed by atoms with van der Waals surface area (Å²) < 4.78 is 0. The second-order valence-corrected chi connectivity index (χ2v) is 4.96. The van der Waals surface area contributed by atoms with Gasteiger partial charge in [0, 0.05) is 25.7 Å². The number of likely N-dealkylation sites (tertiary alicyclic amines) is 1. The van der Waals surface area contributed by atoms with Crippen LogP contribution in [0.15, 0.2) is 0 Å². The van der Waals surface area contributed by atoms with E-state index in [2.05, 4.69) is 29.4 Å². The van der Waals surface area contributed by atoms with Crippen LogP contribution >= 0.6 is 0 Å². The molecule has 3 heteroatoms. The molecule has 1 heterocycles. The van der Waals surface area contributed by atoms with Crippen LogP contribution in [0.4, 0.5) is 0 Å². The molecule has 1 unspecified atom stereocenters. The zero-order chi connectivity index (χ0) is 11.1. The SMILES string of the molecule is CNCCN1CCC(CCNC(C)C)C1. The summed E-state index contributed by atoms with van der Waals surface area (Å²) in [5.41, 5.74) is 0. The summed E-state index contributed by atoms with van der Waals surface area (Å²) in [7, 11) is 2.03. The fraction of sp³-hybridized carbons (Fsp3) is 1.00. The summed E-state index contributed by atoms with van der Waals surface area (Å²) in [6.07, 6.45) is 2.73. The molecule has 15 heavy (non-hydrogen) atoms. The predicted octanol–water partition coefficient (Wildman–Crippen LogP) is 0.916. The second kappa shape index (κ2) is 7.20. The first-order valence-corrected chi connectivity index (χ1v) is 6.32. The third-order valence-corrected chi connectivity index (χ3v) is 3.15. The van der Waals surface area contributed by atoms with Crippen LogP contribution in [0.3, 0.4) is 0 Å². The van der Waals surface area contributed by atoms with Gasteiger partial charge in [-0.15, -0.1) is 0 Å². The molecule has 0 bridgehead atoms. The molecule has 0 aromatic heterocycles. The third kappa shape index (κ3) is 5.50. The first-order chi connectivity index (χ1) is 7.22. The van der Waals surface area contributed by atoms with Gasteiger partial charge in [-0.2, -0.15) is 0 Å². The Morgan fingerprint density at radius 1 is 1.33 bits per heavy atom. The Hall–Kier alpha value is -0.120. The second-order valence-electron chi connectivity index (χ2n) is 4.96. The van der Waals surface area contributed by atoms with Crippen LogP contribution in [0.2, 0.25) is 0 Å². The van der Waals surface area contributed by atoms with Crippen molar-refractivity contribution >= 4 is 0 Å². The van der Waals surface area contributed by atoms with Crippen molar-refractivity contribution in [2.24, 2.45) is 5.92 Å². The molecular formula is C12H27N3. The molecule has 1 aliphatic rings. The molecule has 1 saturated heterocycles. The smallest absolute Gasteiger partial charge is 0.0107 e. The number of nitrogens with one attached hydrogen (secondary N) is 2. The van der Waals surface area contributed by atoms with Crippen molar-refractivity contribution in [2.75, 3.05) is 39.8 Å². The standard InChI is InChI=1S/C12H27N3/c1-11(2)14-6-4-12-5-8-15(10-12)9-7-13-3/h11-14H,4-10H2,1-3H3. The van der Waals surface area contributed by atoms with Crippen molar-refractivity contribution in [3.8, 4) is 0 Å². The summed E-state index contributed by atoms with van der Waals surface area (Å²) in [5, 5.41) is 6.71. The van der Waals surface area contributed by atoms with Crippen molar-refractivity contribution in [2.45, 2.75) is 32.7 Å². The number of likely N-dealkylation sites (N-methyl/N-ethyl adjacent to an activating group) is 1. The van der Waals surface area contributed by atoms with Crippen molar-refractivity contribution in [3.63, 3.8) is 0 Å². The average Bonchev–Trinajstić information content (AvgIpc) is 2.62. The van der Waals surface area contributed by atoms with Crippen LogP contribution in [0.5, 0.6) is 0 Å². The molecule has 0 spiro atoms. The Kier molecular flexibility index (Phi) is 6.22. The van der Waals surface area contributed by atoms with Gasteiger partial charge in [-0.25, -0.2) is 0 Å². The average molecular weight is 213 g/mol. The molecule has 0 amide bonds. The maximum atomic E-state index is 3.50. The van der Waals surface area contributed by atoms with E-state index in [-0.39, 0.29) is 0 Å². The Balaban J connectivity index is 2.03. The number of hydrogen-bond acceptors (Lipinski definition) is 3. The van der Waals surface area contributed by atoms with Crippen molar-refractivity contribution in [1.82, 2.24) is 15.5 Å². The Morgan fingerprint density at radius 3 is 2.80 bits per heavy atom. The van der Waals surface area contributed by atoms with Gasteiger partial charge in [0.2, 0.25) is 0 Å². The minimum absolute atomic E-state index is 0.631. The fourth-order valence-electron chi connectivity index (χ4n) is 2.20. The molecule has 1 atom stereocenters. The maximum Gasteiger partial charge on any atom is 0.0107 e. The summed E-state index contributed by atoms with van der Waals surface area (Å²) in [4.78, 5) is 2.58. The van der Waals surface area contributed by atoms with Gasteiger partial charge >= 0.3 is 0 Å². The minimum atomic E-state index is 0.631. The molecular weight excluding hydrogens is 186 g/mol. The highest BCUT2D eigenvalue weighted by molar-refractivity contribution is 4.76. The molecule has 1 aliphatic heterocycles. The molecule has 0 aromatic rings. The topological polar surface area (TPSA) is 27.3 Å². The van der Waals surface area contributed by atoms with E-state index in [9.17, 15) is 0 Å². The van der Waals surface area contributed by atoms with Crippen LogP contribution in [0.1, 0.15) is 26.7 Å². The lowest BCUT2D eigenvalue weighted by Crippen LogP contribution is -2.30. The van der Waals surface area contributed by atoms with Crippen LogP contribution in [-0.4, -0.2) is 50.7 Å². The van der Waals surface area contributed by atoms with Gasteiger partial charge in [-0.1, -0.05) is 13.8 Å². The predicted molar refractivity (Wildman–Crippen MR) is 66.2 cm³/mol. The van der Waals surface area contributed by atoms with Gasteiger partial charge in [0.1, 0.15) is 0 Å². The van der Waals surface area contributed by atoms with Crippen molar-refractivity contribution in [1.29, 1.82) is 0 Å². The van der Waals surface area contributed by atoms with E-state index < -0.39 is 0 Å². The quantitative estimate of drug-likeness (QED) is 0.658. The lowest BCUT2D eigenvalue weighted by molar-refractivity contribution is 0.320. The molecule has 0 aliphatic carbocycles. The molecule has 90 valence electrons. The molecule has 1 fully saturated rings. The molecule has 0 radical (unpaired) electrons. The van der Waals surface area contributed by atoms with Crippen LogP contribution in [0.25, 0.3) is 0 Å². The molecule has 1 rings (SSSR count). The van der Waals surface area contributed by atoms with Gasteiger partial charge in [-0.05, 0) is 38.9 Å². The summed E-state index contributed by atoms with van der Waals surface area (Å²) in [6, 6.07) is 0.631. The third-order valence-electron chi connectivity index (χ3n) is 3.15. The van der Waals surface area contributed by atoms with E-state index in [1.807, 2.05) is 7.05 Å².